The van der Waals surface area contributed by atoms with Crippen LogP contribution in [0.3, 0.4) is 0 Å². The van der Waals surface area contributed by atoms with Crippen LogP contribution in [0.25, 0.3) is 0 Å². The Labute approximate surface area is 188 Å². The molecule has 1 N–H and O–H groups in total. The first-order chi connectivity index (χ1) is 15.6. The zero-order chi connectivity index (χ0) is 22.3. The summed E-state index contributed by atoms with van der Waals surface area (Å²) in [6.45, 7) is 2.40. The van der Waals surface area contributed by atoms with Gasteiger partial charge >= 0.3 is 0 Å². The van der Waals surface area contributed by atoms with Gasteiger partial charge < -0.3 is 19.1 Å². The van der Waals surface area contributed by atoms with Crippen LogP contribution in [0, 0.1) is 6.92 Å². The third-order valence-corrected chi connectivity index (χ3v) is 6.20. The van der Waals surface area contributed by atoms with Crippen molar-refractivity contribution in [2.24, 2.45) is 0 Å². The number of hydrogen-bond donors (Lipinski definition) is 1. The molecule has 0 aliphatic heterocycles. The highest BCUT2D eigenvalue weighted by molar-refractivity contribution is 5.95. The third kappa shape index (κ3) is 5.13. The minimum atomic E-state index is -0.867. The Morgan fingerprint density at radius 3 is 2.44 bits per heavy atom. The minimum Gasteiger partial charge on any atom is -0.467 e. The highest BCUT2D eigenvalue weighted by Gasteiger charge is 2.36. The van der Waals surface area contributed by atoms with Crippen molar-refractivity contribution in [1.82, 2.24) is 10.2 Å². The highest BCUT2D eigenvalue weighted by atomic mass is 16.3. The molecule has 3 aromatic rings. The second kappa shape index (κ2) is 10.4. The summed E-state index contributed by atoms with van der Waals surface area (Å²) < 4.78 is 11.0. The van der Waals surface area contributed by atoms with Crippen molar-refractivity contribution in [3.05, 3.63) is 83.7 Å². The Balaban J connectivity index is 1.63. The summed E-state index contributed by atoms with van der Waals surface area (Å²) in [5.74, 6) is 0.111. The van der Waals surface area contributed by atoms with E-state index in [4.69, 9.17) is 8.83 Å². The summed E-state index contributed by atoms with van der Waals surface area (Å²) in [4.78, 5) is 28.5. The molecule has 1 aromatic carbocycles. The lowest BCUT2D eigenvalue weighted by Gasteiger charge is -2.31. The van der Waals surface area contributed by atoms with Crippen molar-refractivity contribution in [3.8, 4) is 0 Å². The molecule has 1 atom stereocenters. The molecule has 168 valence electrons. The third-order valence-electron chi connectivity index (χ3n) is 6.20. The van der Waals surface area contributed by atoms with Gasteiger partial charge in [-0.3, -0.25) is 9.59 Å². The summed E-state index contributed by atoms with van der Waals surface area (Å²) in [5, 5.41) is 3.17. The van der Waals surface area contributed by atoms with Gasteiger partial charge in [-0.15, -0.1) is 0 Å². The molecular weight excluding hydrogens is 404 g/mol. The van der Waals surface area contributed by atoms with Gasteiger partial charge in [0.1, 0.15) is 5.76 Å². The quantitative estimate of drug-likeness (QED) is 0.538. The van der Waals surface area contributed by atoms with E-state index < -0.39 is 6.04 Å². The summed E-state index contributed by atoms with van der Waals surface area (Å²) in [7, 11) is 0. The van der Waals surface area contributed by atoms with Crippen molar-refractivity contribution < 1.29 is 18.4 Å². The Kier molecular flexibility index (Phi) is 7.10. The number of carbonyl (C=O) groups is 2. The Hall–Kier alpha value is -3.28. The Morgan fingerprint density at radius 2 is 1.75 bits per heavy atom. The van der Waals surface area contributed by atoms with Crippen molar-refractivity contribution in [3.63, 3.8) is 0 Å². The van der Waals surface area contributed by atoms with E-state index in [0.29, 0.717) is 18.7 Å². The Bertz CT molecular complexity index is 1000. The largest absolute Gasteiger partial charge is 0.467 e. The van der Waals surface area contributed by atoms with E-state index in [-0.39, 0.29) is 23.6 Å². The van der Waals surface area contributed by atoms with Crippen molar-refractivity contribution in [2.45, 2.75) is 57.5 Å². The molecule has 1 fully saturated rings. The normalized spacial score (nSPS) is 15.3. The molecule has 0 radical (unpaired) electrons. The summed E-state index contributed by atoms with van der Waals surface area (Å²) in [6, 6.07) is 14.1. The highest BCUT2D eigenvalue weighted by Crippen LogP contribution is 2.26. The zero-order valence-corrected chi connectivity index (χ0v) is 18.5. The molecular formula is C26H30N2O4. The fourth-order valence-corrected chi connectivity index (χ4v) is 4.42. The van der Waals surface area contributed by atoms with Crippen molar-refractivity contribution in [2.75, 3.05) is 6.54 Å². The van der Waals surface area contributed by atoms with Crippen molar-refractivity contribution >= 4 is 11.8 Å². The van der Waals surface area contributed by atoms with E-state index in [9.17, 15) is 9.59 Å². The number of nitrogens with zero attached hydrogens (tertiary/aromatic N) is 1. The SMILES string of the molecule is Cc1ccccc1CCN(C(=O)c1ccco1)C(C(=O)NC1CCCCC1)c1ccco1. The van der Waals surface area contributed by atoms with Gasteiger partial charge in [0.2, 0.25) is 0 Å². The molecule has 4 rings (SSSR count). The van der Waals surface area contributed by atoms with Crippen LogP contribution >= 0.6 is 0 Å². The molecule has 0 saturated heterocycles. The van der Waals surface area contributed by atoms with E-state index in [1.165, 1.54) is 18.9 Å². The molecule has 6 heteroatoms. The fourth-order valence-electron chi connectivity index (χ4n) is 4.42. The number of aryl methyl sites for hydroxylation is 1. The standard InChI is InChI=1S/C26H30N2O4/c1-19-9-5-6-10-20(19)15-16-28(26(30)23-14-8-18-32-23)24(22-13-7-17-31-22)25(29)27-21-11-3-2-4-12-21/h5-10,13-14,17-18,21,24H,2-4,11-12,15-16H2,1H3,(H,27,29). The van der Waals surface area contributed by atoms with Crippen LogP contribution in [-0.4, -0.2) is 29.3 Å². The predicted octanol–water partition coefficient (Wildman–Crippen LogP) is 5.06. The first kappa shape index (κ1) is 21.9. The lowest BCUT2D eigenvalue weighted by atomic mass is 9.95. The number of rotatable bonds is 8. The van der Waals surface area contributed by atoms with E-state index in [1.54, 1.807) is 29.2 Å². The maximum absolute atomic E-state index is 13.5. The number of benzene rings is 1. The van der Waals surface area contributed by atoms with Gasteiger partial charge in [0.25, 0.3) is 11.8 Å². The number of nitrogens with one attached hydrogen (secondary N) is 1. The average molecular weight is 435 g/mol. The number of furan rings is 2. The van der Waals surface area contributed by atoms with Gasteiger partial charge in [-0.2, -0.15) is 0 Å². The number of hydrogen-bond acceptors (Lipinski definition) is 4. The van der Waals surface area contributed by atoms with Crippen LogP contribution in [-0.2, 0) is 11.2 Å². The van der Waals surface area contributed by atoms with Gasteiger partial charge in [-0.05, 0) is 61.6 Å². The van der Waals surface area contributed by atoms with Gasteiger partial charge in [0.15, 0.2) is 11.8 Å². The topological polar surface area (TPSA) is 75.7 Å². The molecule has 2 heterocycles. The number of amides is 2. The fraction of sp³-hybridized carbons (Fsp3) is 0.385. The van der Waals surface area contributed by atoms with E-state index in [0.717, 1.165) is 36.8 Å². The van der Waals surface area contributed by atoms with Crippen LogP contribution in [0.1, 0.15) is 65.6 Å². The Morgan fingerprint density at radius 1 is 1.00 bits per heavy atom. The second-order valence-electron chi connectivity index (χ2n) is 8.41. The molecule has 1 aliphatic carbocycles. The molecule has 0 spiro atoms. The maximum atomic E-state index is 13.5. The lowest BCUT2D eigenvalue weighted by Crippen LogP contribution is -2.47. The van der Waals surface area contributed by atoms with Crippen LogP contribution in [0.5, 0.6) is 0 Å². The van der Waals surface area contributed by atoms with Gasteiger partial charge in [-0.25, -0.2) is 0 Å². The van der Waals surface area contributed by atoms with Crippen LogP contribution < -0.4 is 5.32 Å². The van der Waals surface area contributed by atoms with Crippen LogP contribution in [0.4, 0.5) is 0 Å². The number of carbonyl (C=O) groups excluding carboxylic acids is 2. The lowest BCUT2D eigenvalue weighted by molar-refractivity contribution is -0.127. The molecule has 32 heavy (non-hydrogen) atoms. The van der Waals surface area contributed by atoms with Crippen LogP contribution in [0.15, 0.2) is 69.9 Å². The van der Waals surface area contributed by atoms with Crippen LogP contribution in [0.2, 0.25) is 0 Å². The molecule has 1 aliphatic rings. The molecule has 2 amide bonds. The molecule has 2 aromatic heterocycles. The smallest absolute Gasteiger partial charge is 0.290 e. The van der Waals surface area contributed by atoms with Crippen molar-refractivity contribution in [1.29, 1.82) is 0 Å². The first-order valence-electron chi connectivity index (χ1n) is 11.4. The zero-order valence-electron chi connectivity index (χ0n) is 18.5. The van der Waals surface area contributed by atoms with E-state index in [2.05, 4.69) is 11.4 Å². The van der Waals surface area contributed by atoms with Gasteiger partial charge in [0, 0.05) is 12.6 Å². The van der Waals surface area contributed by atoms with Gasteiger partial charge in [-0.1, -0.05) is 43.5 Å². The average Bonchev–Trinajstić information content (AvgIpc) is 3.52. The molecule has 0 bridgehead atoms. The monoisotopic (exact) mass is 434 g/mol. The maximum Gasteiger partial charge on any atom is 0.290 e. The minimum absolute atomic E-state index is 0.130. The molecule has 1 unspecified atom stereocenters. The molecule has 6 nitrogen and oxygen atoms in total. The van der Waals surface area contributed by atoms with Gasteiger partial charge in [0.05, 0.1) is 12.5 Å². The summed E-state index contributed by atoms with van der Waals surface area (Å²) in [6.07, 6.45) is 8.97. The summed E-state index contributed by atoms with van der Waals surface area (Å²) in [5.41, 5.74) is 2.29. The molecule has 1 saturated carbocycles. The summed E-state index contributed by atoms with van der Waals surface area (Å²) >= 11 is 0. The van der Waals surface area contributed by atoms with E-state index >= 15 is 0 Å². The first-order valence-corrected chi connectivity index (χ1v) is 11.4. The second-order valence-corrected chi connectivity index (χ2v) is 8.41. The predicted molar refractivity (Wildman–Crippen MR) is 121 cm³/mol. The van der Waals surface area contributed by atoms with E-state index in [1.807, 2.05) is 25.1 Å².